The maximum Gasteiger partial charge on any atom is 0.252 e. The number of anilines is 1. The predicted octanol–water partition coefficient (Wildman–Crippen LogP) is 3.87. The molecule has 0 saturated carbocycles. The summed E-state index contributed by atoms with van der Waals surface area (Å²) >= 11 is 0. The molecule has 8 nitrogen and oxygen atoms in total. The maximum atomic E-state index is 12.6. The van der Waals surface area contributed by atoms with E-state index in [4.69, 9.17) is 5.48 Å². The van der Waals surface area contributed by atoms with Crippen LogP contribution >= 0.6 is 13.5 Å². The highest BCUT2D eigenvalue weighted by Crippen LogP contribution is 2.27. The average Bonchev–Trinajstić information content (AvgIpc) is 2.80. The molecule has 0 saturated heterocycles. The van der Waals surface area contributed by atoms with Crippen molar-refractivity contribution in [3.05, 3.63) is 72.2 Å². The summed E-state index contributed by atoms with van der Waals surface area (Å²) in [6.07, 6.45) is 2.77. The number of nitrogens with one attached hydrogen (secondary N) is 2. The minimum absolute atomic E-state index is 0. The number of hydrogen-bond acceptors (Lipinski definition) is 7. The minimum Gasteiger partial charge on any atom is -0.369 e. The first-order valence-electron chi connectivity index (χ1n) is 12.1. The molecule has 0 bridgehead atoms. The van der Waals surface area contributed by atoms with E-state index in [-0.39, 0.29) is 37.3 Å². The van der Waals surface area contributed by atoms with E-state index in [1.165, 1.54) is 13.3 Å². The summed E-state index contributed by atoms with van der Waals surface area (Å²) in [5.74, 6) is 0.336. The Morgan fingerprint density at radius 2 is 1.94 bits per heavy atom. The van der Waals surface area contributed by atoms with Crippen LogP contribution in [0.25, 0.3) is 22.2 Å². The molecule has 4 aromatic rings. The number of hydrogen-bond donors (Lipinski definition) is 2. The van der Waals surface area contributed by atoms with Gasteiger partial charge in [-0.25, -0.2) is 19.9 Å². The van der Waals surface area contributed by atoms with Gasteiger partial charge < -0.3 is 10.6 Å². The molecule has 0 aliphatic carbocycles. The molecule has 3 aromatic heterocycles. The van der Waals surface area contributed by atoms with Crippen molar-refractivity contribution in [3.63, 3.8) is 0 Å². The molecule has 0 fully saturated rings. The van der Waals surface area contributed by atoms with Crippen LogP contribution in [-0.4, -0.2) is 43.9 Å². The molecule has 2 N–H and O–H groups in total. The van der Waals surface area contributed by atoms with E-state index in [9.17, 15) is 4.79 Å². The first-order valence-corrected chi connectivity index (χ1v) is 10.1. The summed E-state index contributed by atoms with van der Waals surface area (Å²) in [5.41, 5.74) is 2.55. The van der Waals surface area contributed by atoms with Crippen molar-refractivity contribution in [3.8, 4) is 11.3 Å². The van der Waals surface area contributed by atoms with Crippen molar-refractivity contribution >= 4 is 36.1 Å². The smallest absolute Gasteiger partial charge is 0.252 e. The number of nitrogens with zero attached hydrogens (tertiary/aromatic N) is 5. The van der Waals surface area contributed by atoms with E-state index < -0.39 is 12.4 Å². The summed E-state index contributed by atoms with van der Waals surface area (Å²) in [6, 6.07) is 8.81. The molecule has 4 rings (SSSR count). The quantitative estimate of drug-likeness (QED) is 0.427. The molecule has 0 aliphatic heterocycles. The third kappa shape index (κ3) is 5.43. The summed E-state index contributed by atoms with van der Waals surface area (Å²) in [5, 5.41) is 6.26. The van der Waals surface area contributed by atoms with Crippen molar-refractivity contribution < 1.29 is 10.3 Å². The highest BCUT2D eigenvalue weighted by molar-refractivity contribution is 7.59. The van der Waals surface area contributed by atoms with Crippen molar-refractivity contribution in [1.29, 1.82) is 0 Å². The predicted molar refractivity (Wildman–Crippen MR) is 135 cm³/mol. The Kier molecular flexibility index (Phi) is 6.21. The van der Waals surface area contributed by atoms with Crippen molar-refractivity contribution in [2.24, 2.45) is 0 Å². The normalized spacial score (nSPS) is 13.7. The van der Waals surface area contributed by atoms with Crippen LogP contribution < -0.4 is 10.6 Å². The van der Waals surface area contributed by atoms with Gasteiger partial charge in [0.1, 0.15) is 18.0 Å². The molecule has 0 spiro atoms. The molecule has 1 atom stereocenters. The minimum atomic E-state index is -1.84. The number of amides is 1. The fourth-order valence-corrected chi connectivity index (χ4v) is 3.37. The van der Waals surface area contributed by atoms with Gasteiger partial charge in [0.2, 0.25) is 0 Å². The van der Waals surface area contributed by atoms with Crippen LogP contribution in [0.15, 0.2) is 55.2 Å². The van der Waals surface area contributed by atoms with Gasteiger partial charge in [0, 0.05) is 57.3 Å². The molecule has 0 unspecified atom stereocenters. The number of carbonyl (C=O) groups is 1. The molecular weight excluding hydrogens is 434 g/mol. The van der Waals surface area contributed by atoms with Gasteiger partial charge in [0.25, 0.3) is 5.91 Å². The van der Waals surface area contributed by atoms with Crippen LogP contribution in [0, 0.1) is 6.92 Å². The Bertz CT molecular complexity index is 1430. The van der Waals surface area contributed by atoms with Gasteiger partial charge in [-0.3, -0.25) is 9.78 Å². The van der Waals surface area contributed by atoms with Gasteiger partial charge >= 0.3 is 0 Å². The number of carbonyl (C=O) groups excluding carboxylic acids is 1. The lowest BCUT2D eigenvalue weighted by molar-refractivity contribution is 0.0957. The Labute approximate surface area is 205 Å². The molecule has 3 heterocycles. The number of para-hydroxylation sites is 1. The average molecular weight is 466 g/mol. The maximum absolute atomic E-state index is 12.6. The molecule has 1 amide bonds. The molecule has 170 valence electrons. The number of fused-ring (bicyclic) bond motifs is 1. The van der Waals surface area contributed by atoms with Crippen LogP contribution in [0.1, 0.15) is 47.0 Å². The van der Waals surface area contributed by atoms with Crippen LogP contribution in [0.3, 0.4) is 0 Å². The Morgan fingerprint density at radius 1 is 1.15 bits per heavy atom. The fourth-order valence-electron chi connectivity index (χ4n) is 3.37. The van der Waals surface area contributed by atoms with Crippen LogP contribution in [0.4, 0.5) is 5.82 Å². The Morgan fingerprint density at radius 3 is 2.70 bits per heavy atom. The molecule has 1 aromatic carbocycles. The van der Waals surface area contributed by atoms with Crippen LogP contribution in [-0.2, 0) is 0 Å². The van der Waals surface area contributed by atoms with E-state index in [2.05, 4.69) is 35.6 Å². The second-order valence-electron chi connectivity index (χ2n) is 7.25. The van der Waals surface area contributed by atoms with Crippen molar-refractivity contribution in [1.82, 2.24) is 30.2 Å². The van der Waals surface area contributed by atoms with Gasteiger partial charge in [-0.15, -0.1) is 0 Å². The van der Waals surface area contributed by atoms with Crippen LogP contribution in [0.5, 0.6) is 0 Å². The summed E-state index contributed by atoms with van der Waals surface area (Å²) in [7, 11) is 0. The fraction of sp³-hybridized carbons (Fsp3) is 0.250. The second-order valence-corrected chi connectivity index (χ2v) is 7.25. The SMILES string of the molecule is S.[2H]c1nc(C)nc([2H])c1-c1cc(NC[C@@H](C)c2cccc3c(C(=O)NC([2H])([2H])C)ccnc23)ncn1. The van der Waals surface area contributed by atoms with Gasteiger partial charge in [-0.2, -0.15) is 13.5 Å². The van der Waals surface area contributed by atoms with E-state index in [0.717, 1.165) is 5.56 Å². The van der Waals surface area contributed by atoms with Crippen molar-refractivity contribution in [2.75, 3.05) is 18.4 Å². The summed E-state index contributed by atoms with van der Waals surface area (Å²) in [4.78, 5) is 33.6. The molecule has 9 heteroatoms. The number of aromatic nitrogens is 5. The molecule has 0 aliphatic rings. The van der Waals surface area contributed by atoms with Gasteiger partial charge in [-0.05, 0) is 25.5 Å². The zero-order valence-corrected chi connectivity index (χ0v) is 19.5. The van der Waals surface area contributed by atoms with Gasteiger partial charge in [-0.1, -0.05) is 25.1 Å². The molecule has 0 radical (unpaired) electrons. The Balaban J connectivity index is 0.00000380. The van der Waals surface area contributed by atoms with Gasteiger partial charge in [0.15, 0.2) is 0 Å². The zero-order chi connectivity index (χ0) is 26.0. The monoisotopic (exact) mass is 465 g/mol. The van der Waals surface area contributed by atoms with E-state index in [1.54, 1.807) is 31.3 Å². The number of aryl methyl sites for hydroxylation is 1. The number of benzene rings is 1. The highest BCUT2D eigenvalue weighted by Gasteiger charge is 2.15. The van der Waals surface area contributed by atoms with E-state index >= 15 is 0 Å². The van der Waals surface area contributed by atoms with Crippen LogP contribution in [0.2, 0.25) is 0 Å². The van der Waals surface area contributed by atoms with Crippen molar-refractivity contribution in [2.45, 2.75) is 26.7 Å². The highest BCUT2D eigenvalue weighted by atomic mass is 32.1. The number of rotatable bonds is 7. The second kappa shape index (κ2) is 10.8. The third-order valence-corrected chi connectivity index (χ3v) is 4.99. The van der Waals surface area contributed by atoms with Gasteiger partial charge in [0.05, 0.1) is 19.5 Å². The lowest BCUT2D eigenvalue weighted by Crippen LogP contribution is -2.23. The third-order valence-electron chi connectivity index (χ3n) is 4.99. The topological polar surface area (TPSA) is 106 Å². The lowest BCUT2D eigenvalue weighted by Gasteiger charge is -2.16. The lowest BCUT2D eigenvalue weighted by atomic mass is 9.96. The standard InChI is InChI=1S/C24H25N7O.H2S/c1-4-25-24(32)20-8-9-26-23-18(6-5-7-19(20)23)15(2)11-29-22-10-21(30-14-31-22)17-12-27-16(3)28-13-17;/h5-10,12-15H,4,11H2,1-3H3,(H,25,32)(H,29,30,31);1H2/t15-;/m1./s1/i4D2,12D,13D;. The zero-order valence-electron chi connectivity index (χ0n) is 22.5. The first kappa shape index (κ1) is 18.9. The van der Waals surface area contributed by atoms with E-state index in [0.29, 0.717) is 40.3 Å². The Hall–Kier alpha value is -3.59. The summed E-state index contributed by atoms with van der Waals surface area (Å²) < 4.78 is 31.5. The number of pyridine rings is 1. The molecular formula is C24H27N7OS. The largest absolute Gasteiger partial charge is 0.369 e. The first-order chi connectivity index (χ1) is 17.0. The van der Waals surface area contributed by atoms with E-state index in [1.807, 2.05) is 19.1 Å². The summed E-state index contributed by atoms with van der Waals surface area (Å²) in [6.45, 7) is 3.57. The molecule has 33 heavy (non-hydrogen) atoms.